The highest BCUT2D eigenvalue weighted by Crippen LogP contribution is 2.26. The third kappa shape index (κ3) is 8.58. The molecule has 9 heteroatoms. The number of amides is 3. The van der Waals surface area contributed by atoms with Crippen LogP contribution in [0, 0.1) is 0 Å². The van der Waals surface area contributed by atoms with Crippen molar-refractivity contribution >= 4 is 17.9 Å². The zero-order valence-electron chi connectivity index (χ0n) is 19.6. The first kappa shape index (κ1) is 27.0. The second kappa shape index (κ2) is 11.0. The van der Waals surface area contributed by atoms with Gasteiger partial charge in [-0.15, -0.1) is 6.58 Å². The van der Waals surface area contributed by atoms with E-state index in [1.54, 1.807) is 53.7 Å². The van der Waals surface area contributed by atoms with Crippen LogP contribution in [-0.2, 0) is 14.3 Å². The number of aliphatic hydroxyl groups excluding tert-OH is 1. The van der Waals surface area contributed by atoms with E-state index in [1.165, 1.54) is 23.1 Å². The Hall–Kier alpha value is -3.07. The SMILES string of the molecule is C=CCN(C(=O)C(CO)NC(=O)OC(C)(C)C)C(C(=O)NC(C)(C)C)c1cccc(O)c1. The number of aliphatic hydroxyl groups is 1. The van der Waals surface area contributed by atoms with Crippen molar-refractivity contribution in [1.29, 1.82) is 0 Å². The van der Waals surface area contributed by atoms with Crippen LogP contribution in [0.25, 0.3) is 0 Å². The average Bonchev–Trinajstić information content (AvgIpc) is 2.62. The molecule has 0 aromatic heterocycles. The van der Waals surface area contributed by atoms with Gasteiger partial charge in [0.2, 0.25) is 11.8 Å². The molecule has 0 aliphatic heterocycles. The minimum atomic E-state index is -1.35. The van der Waals surface area contributed by atoms with E-state index in [1.807, 2.05) is 0 Å². The topological polar surface area (TPSA) is 128 Å². The number of rotatable bonds is 8. The molecule has 0 saturated carbocycles. The molecule has 9 nitrogen and oxygen atoms in total. The van der Waals surface area contributed by atoms with Crippen LogP contribution in [0.1, 0.15) is 53.1 Å². The number of nitrogens with one attached hydrogen (secondary N) is 2. The van der Waals surface area contributed by atoms with Gasteiger partial charge in [-0.1, -0.05) is 18.2 Å². The van der Waals surface area contributed by atoms with Gasteiger partial charge >= 0.3 is 6.09 Å². The molecule has 0 radical (unpaired) electrons. The van der Waals surface area contributed by atoms with E-state index in [0.29, 0.717) is 5.56 Å². The lowest BCUT2D eigenvalue weighted by molar-refractivity contribution is -0.143. The third-order valence-corrected chi connectivity index (χ3v) is 4.02. The van der Waals surface area contributed by atoms with E-state index >= 15 is 0 Å². The van der Waals surface area contributed by atoms with Crippen molar-refractivity contribution in [2.75, 3.05) is 13.2 Å². The summed E-state index contributed by atoms with van der Waals surface area (Å²) >= 11 is 0. The van der Waals surface area contributed by atoms with Crippen molar-refractivity contribution in [2.24, 2.45) is 0 Å². The molecule has 2 unspecified atom stereocenters. The molecular weight excluding hydrogens is 414 g/mol. The summed E-state index contributed by atoms with van der Waals surface area (Å²) in [6.07, 6.45) is 0.552. The van der Waals surface area contributed by atoms with Gasteiger partial charge in [0.15, 0.2) is 0 Å². The van der Waals surface area contributed by atoms with Crippen LogP contribution in [0.5, 0.6) is 5.75 Å². The third-order valence-electron chi connectivity index (χ3n) is 4.02. The standard InChI is InChI=1S/C23H35N3O6/c1-8-12-26(20(30)17(14-27)24-21(31)32-23(5,6)7)18(19(29)25-22(2,3)4)15-10-9-11-16(28)13-15/h8-11,13,17-18,27-28H,1,12,14H2,2-7H3,(H,24,31)(H,25,29). The first-order chi connectivity index (χ1) is 14.7. The predicted molar refractivity (Wildman–Crippen MR) is 121 cm³/mol. The number of carbonyl (C=O) groups is 3. The highest BCUT2D eigenvalue weighted by molar-refractivity contribution is 5.92. The predicted octanol–water partition coefficient (Wildman–Crippen LogP) is 2.25. The zero-order chi connectivity index (χ0) is 24.7. The van der Waals surface area contributed by atoms with Crippen LogP contribution in [0.2, 0.25) is 0 Å². The Balaban J connectivity index is 3.36. The van der Waals surface area contributed by atoms with Crippen LogP contribution in [-0.4, -0.2) is 63.4 Å². The number of benzene rings is 1. The molecular formula is C23H35N3O6. The Labute approximate surface area is 189 Å². The number of phenolic OH excluding ortho intramolecular Hbond substituents is 1. The molecule has 1 aromatic carbocycles. The summed E-state index contributed by atoms with van der Waals surface area (Å²) in [6.45, 7) is 13.3. The molecule has 0 fully saturated rings. The number of hydrogen-bond donors (Lipinski definition) is 4. The highest BCUT2D eigenvalue weighted by atomic mass is 16.6. The lowest BCUT2D eigenvalue weighted by atomic mass is 10.0. The number of ether oxygens (including phenoxy) is 1. The molecule has 0 bridgehead atoms. The average molecular weight is 450 g/mol. The molecule has 0 saturated heterocycles. The Morgan fingerprint density at radius 3 is 2.28 bits per heavy atom. The second-order valence-electron chi connectivity index (χ2n) is 9.40. The maximum absolute atomic E-state index is 13.3. The van der Waals surface area contributed by atoms with E-state index in [0.717, 1.165) is 0 Å². The molecule has 4 N–H and O–H groups in total. The minimum absolute atomic E-state index is 0.0524. The summed E-state index contributed by atoms with van der Waals surface area (Å²) < 4.78 is 5.17. The lowest BCUT2D eigenvalue weighted by Gasteiger charge is -2.35. The largest absolute Gasteiger partial charge is 0.508 e. The monoisotopic (exact) mass is 449 g/mol. The van der Waals surface area contributed by atoms with Gasteiger partial charge in [-0.2, -0.15) is 0 Å². The van der Waals surface area contributed by atoms with Gasteiger partial charge in [-0.3, -0.25) is 9.59 Å². The molecule has 3 amide bonds. The Morgan fingerprint density at radius 1 is 1.19 bits per heavy atom. The van der Waals surface area contributed by atoms with Crippen LogP contribution >= 0.6 is 0 Å². The first-order valence-electron chi connectivity index (χ1n) is 10.3. The normalized spacial score (nSPS) is 13.5. The molecule has 1 rings (SSSR count). The number of nitrogens with zero attached hydrogens (tertiary/aromatic N) is 1. The summed E-state index contributed by atoms with van der Waals surface area (Å²) in [5, 5.41) is 24.9. The second-order valence-corrected chi connectivity index (χ2v) is 9.40. The Bertz CT molecular complexity index is 826. The van der Waals surface area contributed by atoms with Crippen LogP contribution in [0.4, 0.5) is 4.79 Å². The highest BCUT2D eigenvalue weighted by Gasteiger charge is 2.36. The van der Waals surface area contributed by atoms with Crippen molar-refractivity contribution in [3.63, 3.8) is 0 Å². The van der Waals surface area contributed by atoms with E-state index in [9.17, 15) is 24.6 Å². The number of phenols is 1. The van der Waals surface area contributed by atoms with Crippen molar-refractivity contribution in [1.82, 2.24) is 15.5 Å². The van der Waals surface area contributed by atoms with Gasteiger partial charge in [0.25, 0.3) is 0 Å². The molecule has 2 atom stereocenters. The Morgan fingerprint density at radius 2 is 1.81 bits per heavy atom. The fourth-order valence-corrected chi connectivity index (χ4v) is 2.90. The molecule has 178 valence electrons. The number of alkyl carbamates (subject to hydrolysis) is 1. The summed E-state index contributed by atoms with van der Waals surface area (Å²) in [5.41, 5.74) is -1.04. The van der Waals surface area contributed by atoms with Crippen molar-refractivity contribution < 1.29 is 29.3 Å². The minimum Gasteiger partial charge on any atom is -0.508 e. The van der Waals surface area contributed by atoms with Gasteiger partial charge in [0, 0.05) is 12.1 Å². The van der Waals surface area contributed by atoms with Crippen molar-refractivity contribution in [3.8, 4) is 5.75 Å². The maximum atomic E-state index is 13.3. The smallest absolute Gasteiger partial charge is 0.408 e. The van der Waals surface area contributed by atoms with Crippen LogP contribution in [0.3, 0.4) is 0 Å². The van der Waals surface area contributed by atoms with Crippen molar-refractivity contribution in [3.05, 3.63) is 42.5 Å². The summed E-state index contributed by atoms with van der Waals surface area (Å²) in [7, 11) is 0. The van der Waals surface area contributed by atoms with E-state index < -0.39 is 47.7 Å². The molecule has 0 aliphatic carbocycles. The van der Waals surface area contributed by atoms with Crippen LogP contribution in [0.15, 0.2) is 36.9 Å². The molecule has 1 aromatic rings. The van der Waals surface area contributed by atoms with Crippen LogP contribution < -0.4 is 10.6 Å². The molecule has 32 heavy (non-hydrogen) atoms. The molecule has 0 heterocycles. The van der Waals surface area contributed by atoms with E-state index in [2.05, 4.69) is 17.2 Å². The quantitative estimate of drug-likeness (QED) is 0.451. The number of aromatic hydroxyl groups is 1. The summed E-state index contributed by atoms with van der Waals surface area (Å²) in [4.78, 5) is 39.9. The van der Waals surface area contributed by atoms with Gasteiger partial charge in [0.05, 0.1) is 6.61 Å². The summed E-state index contributed by atoms with van der Waals surface area (Å²) in [6, 6.07) is 3.48. The van der Waals surface area contributed by atoms with Gasteiger partial charge < -0.3 is 30.5 Å². The zero-order valence-corrected chi connectivity index (χ0v) is 19.6. The maximum Gasteiger partial charge on any atom is 0.408 e. The fraction of sp³-hybridized carbons (Fsp3) is 0.522. The lowest BCUT2D eigenvalue weighted by Crippen LogP contribution is -2.55. The first-order valence-corrected chi connectivity index (χ1v) is 10.3. The molecule has 0 aliphatic rings. The summed E-state index contributed by atoms with van der Waals surface area (Å²) in [5.74, 6) is -1.28. The van der Waals surface area contributed by atoms with Gasteiger partial charge in [-0.05, 0) is 59.2 Å². The van der Waals surface area contributed by atoms with Crippen molar-refractivity contribution in [2.45, 2.75) is 64.8 Å². The van der Waals surface area contributed by atoms with E-state index in [-0.39, 0.29) is 12.3 Å². The molecule has 0 spiro atoms. The Kier molecular flexibility index (Phi) is 9.26. The van der Waals surface area contributed by atoms with E-state index in [4.69, 9.17) is 4.74 Å². The number of hydrogen-bond acceptors (Lipinski definition) is 6. The fourth-order valence-electron chi connectivity index (χ4n) is 2.90. The van der Waals surface area contributed by atoms with Gasteiger partial charge in [-0.25, -0.2) is 4.79 Å². The number of carbonyl (C=O) groups excluding carboxylic acids is 3. The van der Waals surface area contributed by atoms with Gasteiger partial charge in [0.1, 0.15) is 23.4 Å².